The third-order valence-electron chi connectivity index (χ3n) is 5.35. The molecule has 5 rings (SSSR count). The Morgan fingerprint density at radius 3 is 2.05 bits per heavy atom. The predicted molar refractivity (Wildman–Crippen MR) is 141 cm³/mol. The number of benzene rings is 3. The number of aromatic hydroxyl groups is 2. The third-order valence-corrected chi connectivity index (χ3v) is 6.65. The molecule has 1 saturated heterocycles. The summed E-state index contributed by atoms with van der Waals surface area (Å²) in [7, 11) is -3.61. The Bertz CT molecular complexity index is 1480. The Morgan fingerprint density at radius 2 is 1.49 bits per heavy atom. The van der Waals surface area contributed by atoms with Crippen LogP contribution in [0.4, 0.5) is 11.4 Å². The van der Waals surface area contributed by atoms with Crippen LogP contribution in [0.3, 0.4) is 0 Å². The van der Waals surface area contributed by atoms with Crippen molar-refractivity contribution in [2.75, 3.05) is 26.4 Å². The molecule has 0 aliphatic carbocycles. The van der Waals surface area contributed by atoms with E-state index in [0.717, 1.165) is 23.8 Å². The largest absolute Gasteiger partial charge is 0.504 e. The van der Waals surface area contributed by atoms with Gasteiger partial charge in [0.1, 0.15) is 12.7 Å². The number of nitro groups is 2. The first-order chi connectivity index (χ1) is 19.4. The number of aryl methyl sites for hydroxylation is 1. The van der Waals surface area contributed by atoms with Crippen LogP contribution in [0, 0.1) is 27.2 Å². The highest BCUT2D eigenvalue weighted by molar-refractivity contribution is 7.86. The maximum Gasteiger partial charge on any atom is 0.297 e. The topological polar surface area (TPSA) is 221 Å². The SMILES string of the molecule is Cc1ccc(S(=O)(=O)OC[C@@H]2CO2)cc1.O=[N+]([O-])c1ccc(O)c(O)c1.O=[N+]([O-])c1ccc2c(c1)O[C@@H](CO)CO2. The van der Waals surface area contributed by atoms with Gasteiger partial charge in [0.05, 0.1) is 46.7 Å². The Morgan fingerprint density at radius 1 is 0.878 bits per heavy atom. The molecular weight excluding hydrogens is 568 g/mol. The van der Waals surface area contributed by atoms with E-state index in [-0.39, 0.29) is 47.9 Å². The smallest absolute Gasteiger partial charge is 0.297 e. The number of phenolic OH excluding ortho intramolecular Hbond substituents is 2. The lowest BCUT2D eigenvalue weighted by atomic mass is 10.2. The zero-order valence-corrected chi connectivity index (χ0v) is 22.3. The van der Waals surface area contributed by atoms with Crippen molar-refractivity contribution in [2.24, 2.45) is 0 Å². The number of fused-ring (bicyclic) bond motifs is 1. The second-order valence-corrected chi connectivity index (χ2v) is 10.2. The molecule has 0 amide bonds. The van der Waals surface area contributed by atoms with Gasteiger partial charge in [-0.25, -0.2) is 0 Å². The van der Waals surface area contributed by atoms with E-state index >= 15 is 0 Å². The molecule has 2 atom stereocenters. The highest BCUT2D eigenvalue weighted by Gasteiger charge is 2.26. The predicted octanol–water partition coefficient (Wildman–Crippen LogP) is 2.83. The molecule has 3 N–H and O–H groups in total. The molecular formula is C25H26N2O13S. The summed E-state index contributed by atoms with van der Waals surface area (Å²) in [6.45, 7) is 2.67. The lowest BCUT2D eigenvalue weighted by Crippen LogP contribution is -2.32. The highest BCUT2D eigenvalue weighted by Crippen LogP contribution is 2.34. The van der Waals surface area contributed by atoms with Gasteiger partial charge < -0.3 is 29.5 Å². The summed E-state index contributed by atoms with van der Waals surface area (Å²) in [5, 5.41) is 47.0. The van der Waals surface area contributed by atoms with Crippen molar-refractivity contribution in [3.8, 4) is 23.0 Å². The van der Waals surface area contributed by atoms with Crippen LogP contribution in [0.5, 0.6) is 23.0 Å². The van der Waals surface area contributed by atoms with Gasteiger partial charge in [0.2, 0.25) is 0 Å². The number of aliphatic hydroxyl groups is 1. The van der Waals surface area contributed by atoms with Crippen molar-refractivity contribution in [3.05, 3.63) is 86.5 Å². The summed E-state index contributed by atoms with van der Waals surface area (Å²) < 4.78 is 43.4. The van der Waals surface area contributed by atoms with Crippen molar-refractivity contribution in [2.45, 2.75) is 24.0 Å². The van der Waals surface area contributed by atoms with Crippen molar-refractivity contribution >= 4 is 21.5 Å². The molecule has 0 spiro atoms. The minimum atomic E-state index is -3.61. The highest BCUT2D eigenvalue weighted by atomic mass is 32.2. The van der Waals surface area contributed by atoms with Gasteiger partial charge in [0.15, 0.2) is 29.1 Å². The second-order valence-electron chi connectivity index (χ2n) is 8.56. The second kappa shape index (κ2) is 13.7. The average molecular weight is 595 g/mol. The molecule has 1 fully saturated rings. The molecule has 0 bridgehead atoms. The first kappa shape index (κ1) is 31.0. The van der Waals surface area contributed by atoms with Crippen LogP contribution in [-0.2, 0) is 19.0 Å². The van der Waals surface area contributed by atoms with E-state index < -0.39 is 31.8 Å². The zero-order chi connectivity index (χ0) is 30.2. The van der Waals surface area contributed by atoms with Crippen LogP contribution >= 0.6 is 0 Å². The summed E-state index contributed by atoms with van der Waals surface area (Å²) in [5.74, 6) is -0.0883. The quantitative estimate of drug-likeness (QED) is 0.118. The molecule has 2 heterocycles. The summed E-state index contributed by atoms with van der Waals surface area (Å²) in [6, 6.07) is 13.7. The Kier molecular flexibility index (Phi) is 10.4. The van der Waals surface area contributed by atoms with Gasteiger partial charge in [0.25, 0.3) is 21.5 Å². The van der Waals surface area contributed by atoms with Crippen LogP contribution < -0.4 is 9.47 Å². The number of nitrogens with zero attached hydrogens (tertiary/aromatic N) is 2. The fraction of sp³-hybridized carbons (Fsp3) is 0.280. The standard InChI is InChI=1S/C10H12O4S.C9H9NO5.C6H5NO4/c1-8-2-4-10(5-3-8)15(11,12)14-7-9-6-13-9;11-4-7-5-14-8-2-1-6(10(12)13)3-9(8)15-7;8-5-2-1-4(7(10)11)3-6(5)9/h2-5,9H,6-7H2,1H3;1-3,7,11H,4-5H2;1-3,8-9H/t9-;7-;/m00./s1. The fourth-order valence-corrected chi connectivity index (χ4v) is 3.97. The molecule has 3 aromatic rings. The minimum Gasteiger partial charge on any atom is -0.504 e. The van der Waals surface area contributed by atoms with Gasteiger partial charge in [0, 0.05) is 12.1 Å². The first-order valence-corrected chi connectivity index (χ1v) is 13.2. The van der Waals surface area contributed by atoms with E-state index in [4.69, 9.17) is 33.7 Å². The monoisotopic (exact) mass is 594 g/mol. The van der Waals surface area contributed by atoms with Gasteiger partial charge in [-0.1, -0.05) is 17.7 Å². The average Bonchev–Trinajstić information content (AvgIpc) is 3.78. The number of aliphatic hydroxyl groups excluding tert-OH is 1. The van der Waals surface area contributed by atoms with E-state index in [9.17, 15) is 28.6 Å². The van der Waals surface area contributed by atoms with E-state index in [1.807, 2.05) is 6.92 Å². The normalized spacial score (nSPS) is 16.7. The molecule has 0 unspecified atom stereocenters. The van der Waals surface area contributed by atoms with Gasteiger partial charge in [-0.05, 0) is 31.2 Å². The van der Waals surface area contributed by atoms with Crippen LogP contribution in [-0.4, -0.2) is 72.2 Å². The number of rotatable bonds is 7. The molecule has 0 aromatic heterocycles. The Labute approximate surface area is 233 Å². The molecule has 0 radical (unpaired) electrons. The molecule has 2 aliphatic rings. The van der Waals surface area contributed by atoms with Gasteiger partial charge in [-0.15, -0.1) is 0 Å². The maximum atomic E-state index is 11.6. The van der Waals surface area contributed by atoms with Gasteiger partial charge in [-0.2, -0.15) is 8.42 Å². The number of epoxide rings is 1. The van der Waals surface area contributed by atoms with Gasteiger partial charge in [-0.3, -0.25) is 24.4 Å². The molecule has 16 heteroatoms. The molecule has 2 aliphatic heterocycles. The Balaban J connectivity index is 0.000000172. The zero-order valence-electron chi connectivity index (χ0n) is 21.5. The lowest BCUT2D eigenvalue weighted by Gasteiger charge is -2.24. The van der Waals surface area contributed by atoms with E-state index in [1.54, 1.807) is 24.3 Å². The minimum absolute atomic E-state index is 0.0507. The number of ether oxygens (including phenoxy) is 3. The first-order valence-electron chi connectivity index (χ1n) is 11.8. The summed E-state index contributed by atoms with van der Waals surface area (Å²) in [6.07, 6.45) is -0.510. The van der Waals surface area contributed by atoms with E-state index in [2.05, 4.69) is 0 Å². The fourth-order valence-electron chi connectivity index (χ4n) is 3.04. The number of nitro benzene ring substituents is 2. The summed E-state index contributed by atoms with van der Waals surface area (Å²) in [5.41, 5.74) is 0.704. The molecule has 41 heavy (non-hydrogen) atoms. The Hall–Kier alpha value is -4.51. The molecule has 0 saturated carbocycles. The lowest BCUT2D eigenvalue weighted by molar-refractivity contribution is -0.385. The number of hydrogen-bond acceptors (Lipinski definition) is 13. The van der Waals surface area contributed by atoms with E-state index in [0.29, 0.717) is 18.1 Å². The number of hydrogen-bond donors (Lipinski definition) is 3. The summed E-state index contributed by atoms with van der Waals surface area (Å²) >= 11 is 0. The van der Waals surface area contributed by atoms with Gasteiger partial charge >= 0.3 is 0 Å². The third kappa shape index (κ3) is 9.28. The van der Waals surface area contributed by atoms with Crippen LogP contribution in [0.1, 0.15) is 5.56 Å². The summed E-state index contributed by atoms with van der Waals surface area (Å²) in [4.78, 5) is 19.6. The molecule has 220 valence electrons. The molecule has 3 aromatic carbocycles. The van der Waals surface area contributed by atoms with Crippen LogP contribution in [0.25, 0.3) is 0 Å². The van der Waals surface area contributed by atoms with Crippen molar-refractivity contribution in [3.63, 3.8) is 0 Å². The number of phenols is 2. The van der Waals surface area contributed by atoms with E-state index in [1.165, 1.54) is 18.2 Å². The van der Waals surface area contributed by atoms with Crippen LogP contribution in [0.2, 0.25) is 0 Å². The maximum absolute atomic E-state index is 11.6. The van der Waals surface area contributed by atoms with Crippen LogP contribution in [0.15, 0.2) is 65.6 Å². The van der Waals surface area contributed by atoms with Crippen molar-refractivity contribution in [1.29, 1.82) is 0 Å². The van der Waals surface area contributed by atoms with Crippen molar-refractivity contribution in [1.82, 2.24) is 0 Å². The molecule has 15 nitrogen and oxygen atoms in total. The van der Waals surface area contributed by atoms with Crippen molar-refractivity contribution < 1.29 is 52.0 Å². The number of non-ortho nitro benzene ring substituents is 2.